The number of primary amides is 1. The van der Waals surface area contributed by atoms with Crippen molar-refractivity contribution in [2.75, 3.05) is 5.73 Å². The molecule has 0 saturated heterocycles. The summed E-state index contributed by atoms with van der Waals surface area (Å²) in [5, 5.41) is 4.14. The molecule has 0 bridgehead atoms. The van der Waals surface area contributed by atoms with Gasteiger partial charge in [0, 0.05) is 16.7 Å². The molecule has 0 radical (unpaired) electrons. The molecule has 3 nitrogen and oxygen atoms in total. The fourth-order valence-electron chi connectivity index (χ4n) is 2.60. The van der Waals surface area contributed by atoms with Crippen molar-refractivity contribution in [3.8, 4) is 11.1 Å². The van der Waals surface area contributed by atoms with Gasteiger partial charge in [0.15, 0.2) is 0 Å². The van der Waals surface area contributed by atoms with Crippen LogP contribution in [0.3, 0.4) is 0 Å². The Labute approximate surface area is 122 Å². The molecule has 1 aliphatic carbocycles. The molecule has 1 aromatic heterocycles. The first-order chi connectivity index (χ1) is 9.61. The van der Waals surface area contributed by atoms with Crippen molar-refractivity contribution in [1.29, 1.82) is 0 Å². The zero-order valence-corrected chi connectivity index (χ0v) is 12.1. The fourth-order valence-corrected chi connectivity index (χ4v) is 3.26. The van der Waals surface area contributed by atoms with Crippen LogP contribution in [0.25, 0.3) is 11.1 Å². The minimum absolute atomic E-state index is 0.152. The van der Waals surface area contributed by atoms with Crippen LogP contribution in [0.1, 0.15) is 24.8 Å². The third-order valence-electron chi connectivity index (χ3n) is 4.22. The number of benzene rings is 1. The van der Waals surface area contributed by atoms with Crippen molar-refractivity contribution in [2.24, 2.45) is 11.1 Å². The summed E-state index contributed by atoms with van der Waals surface area (Å²) in [4.78, 5) is 11.4. The van der Waals surface area contributed by atoms with Gasteiger partial charge in [0.1, 0.15) is 0 Å². The topological polar surface area (TPSA) is 69.1 Å². The summed E-state index contributed by atoms with van der Waals surface area (Å²) in [5.74, 6) is -0.152. The lowest BCUT2D eigenvalue weighted by atomic mass is 9.95. The molecule has 1 aromatic carbocycles. The molecule has 4 N–H and O–H groups in total. The molecule has 2 aromatic rings. The number of carbonyl (C=O) groups is 1. The number of hydrogen-bond donors (Lipinski definition) is 2. The van der Waals surface area contributed by atoms with Crippen molar-refractivity contribution in [1.82, 2.24) is 0 Å². The molecule has 0 unspecified atom stereocenters. The Morgan fingerprint density at radius 2 is 2.10 bits per heavy atom. The molecule has 1 heterocycles. The Morgan fingerprint density at radius 1 is 1.30 bits per heavy atom. The number of nitrogens with two attached hydrogens (primary N) is 2. The van der Waals surface area contributed by atoms with Crippen LogP contribution in [0.15, 0.2) is 35.0 Å². The number of carbonyl (C=O) groups excluding carboxylic acids is 1. The lowest BCUT2D eigenvalue weighted by Gasteiger charge is -2.12. The van der Waals surface area contributed by atoms with Gasteiger partial charge < -0.3 is 11.5 Å². The highest BCUT2D eigenvalue weighted by Crippen LogP contribution is 2.49. The summed E-state index contributed by atoms with van der Waals surface area (Å²) in [5.41, 5.74) is 15.6. The van der Waals surface area contributed by atoms with Gasteiger partial charge in [-0.05, 0) is 59.7 Å². The second-order valence-corrected chi connectivity index (χ2v) is 6.36. The first kappa shape index (κ1) is 13.2. The van der Waals surface area contributed by atoms with E-state index in [9.17, 15) is 4.79 Å². The van der Waals surface area contributed by atoms with E-state index in [0.717, 1.165) is 42.5 Å². The van der Waals surface area contributed by atoms with Crippen molar-refractivity contribution in [2.45, 2.75) is 25.7 Å². The summed E-state index contributed by atoms with van der Waals surface area (Å²) in [6, 6.07) is 8.25. The van der Waals surface area contributed by atoms with E-state index in [1.54, 1.807) is 11.3 Å². The van der Waals surface area contributed by atoms with E-state index in [4.69, 9.17) is 11.5 Å². The summed E-state index contributed by atoms with van der Waals surface area (Å²) < 4.78 is 0. The van der Waals surface area contributed by atoms with Crippen molar-refractivity contribution >= 4 is 22.9 Å². The average Bonchev–Trinajstić information content (AvgIpc) is 3.04. The molecule has 1 fully saturated rings. The molecule has 0 atom stereocenters. The number of rotatable bonds is 5. The predicted octanol–water partition coefficient (Wildman–Crippen LogP) is 3.20. The highest BCUT2D eigenvalue weighted by molar-refractivity contribution is 7.08. The highest BCUT2D eigenvalue weighted by atomic mass is 32.1. The van der Waals surface area contributed by atoms with Gasteiger partial charge in [-0.25, -0.2) is 0 Å². The third kappa shape index (κ3) is 2.43. The fraction of sp³-hybridized carbons (Fsp3) is 0.312. The summed E-state index contributed by atoms with van der Waals surface area (Å²) >= 11 is 1.67. The van der Waals surface area contributed by atoms with Crippen LogP contribution in [0, 0.1) is 5.41 Å². The maximum atomic E-state index is 11.4. The van der Waals surface area contributed by atoms with E-state index in [-0.39, 0.29) is 11.3 Å². The minimum Gasteiger partial charge on any atom is -0.398 e. The van der Waals surface area contributed by atoms with Gasteiger partial charge in [0.2, 0.25) is 5.91 Å². The molecule has 3 rings (SSSR count). The number of thiophene rings is 1. The lowest BCUT2D eigenvalue weighted by Crippen LogP contribution is -2.25. The van der Waals surface area contributed by atoms with Crippen molar-refractivity contribution in [3.05, 3.63) is 40.6 Å². The third-order valence-corrected chi connectivity index (χ3v) is 4.90. The van der Waals surface area contributed by atoms with Gasteiger partial charge in [0.05, 0.1) is 0 Å². The van der Waals surface area contributed by atoms with E-state index in [1.807, 2.05) is 11.4 Å². The first-order valence-electron chi connectivity index (χ1n) is 6.82. The number of hydrogen-bond acceptors (Lipinski definition) is 3. The van der Waals surface area contributed by atoms with Crippen LogP contribution in [0.4, 0.5) is 5.69 Å². The molecule has 0 aliphatic heterocycles. The summed E-state index contributed by atoms with van der Waals surface area (Å²) in [6.45, 7) is 0. The zero-order valence-electron chi connectivity index (χ0n) is 11.3. The van der Waals surface area contributed by atoms with Gasteiger partial charge in [-0.2, -0.15) is 11.3 Å². The Morgan fingerprint density at radius 3 is 2.65 bits per heavy atom. The van der Waals surface area contributed by atoms with Gasteiger partial charge in [-0.1, -0.05) is 12.1 Å². The van der Waals surface area contributed by atoms with E-state index in [0.29, 0.717) is 0 Å². The van der Waals surface area contributed by atoms with E-state index >= 15 is 0 Å². The normalized spacial score (nSPS) is 16.0. The number of amides is 1. The van der Waals surface area contributed by atoms with E-state index in [2.05, 4.69) is 23.6 Å². The smallest absolute Gasteiger partial charge is 0.223 e. The molecule has 20 heavy (non-hydrogen) atoms. The maximum Gasteiger partial charge on any atom is 0.223 e. The monoisotopic (exact) mass is 286 g/mol. The molecule has 104 valence electrons. The SMILES string of the molecule is NC(=O)C1(CCc2ccc(-c3ccsc3)c(N)c2)CC1. The standard InChI is InChI=1S/C16H18N2OS/c17-14-9-11(3-5-16(6-7-16)15(18)19)1-2-13(14)12-4-8-20-10-12/h1-2,4,8-10H,3,5-7,17H2,(H2,18,19). The molecular weight excluding hydrogens is 268 g/mol. The molecular formula is C16H18N2OS. The summed E-state index contributed by atoms with van der Waals surface area (Å²) in [6.07, 6.45) is 3.56. The zero-order chi connectivity index (χ0) is 14.2. The molecule has 1 amide bonds. The van der Waals surface area contributed by atoms with Crippen LogP contribution in [0.5, 0.6) is 0 Å². The molecule has 1 aliphatic rings. The van der Waals surface area contributed by atoms with E-state index in [1.165, 1.54) is 5.56 Å². The summed E-state index contributed by atoms with van der Waals surface area (Å²) in [7, 11) is 0. The van der Waals surface area contributed by atoms with Crippen molar-refractivity contribution in [3.63, 3.8) is 0 Å². The second-order valence-electron chi connectivity index (χ2n) is 5.58. The number of nitrogen functional groups attached to an aromatic ring is 1. The maximum absolute atomic E-state index is 11.4. The number of aryl methyl sites for hydroxylation is 1. The minimum atomic E-state index is -0.235. The average molecular weight is 286 g/mol. The van der Waals surface area contributed by atoms with Crippen LogP contribution < -0.4 is 11.5 Å². The van der Waals surface area contributed by atoms with Crippen LogP contribution in [-0.2, 0) is 11.2 Å². The Bertz CT molecular complexity index is 630. The number of anilines is 1. The first-order valence-corrected chi connectivity index (χ1v) is 7.76. The second kappa shape index (κ2) is 4.94. The Hall–Kier alpha value is -1.81. The Kier molecular flexibility index (Phi) is 3.26. The largest absolute Gasteiger partial charge is 0.398 e. The quantitative estimate of drug-likeness (QED) is 0.829. The Balaban J connectivity index is 1.73. The van der Waals surface area contributed by atoms with Gasteiger partial charge >= 0.3 is 0 Å². The van der Waals surface area contributed by atoms with Crippen LogP contribution >= 0.6 is 11.3 Å². The highest BCUT2D eigenvalue weighted by Gasteiger charge is 2.47. The molecule has 0 spiro atoms. The van der Waals surface area contributed by atoms with Gasteiger partial charge in [0.25, 0.3) is 0 Å². The predicted molar refractivity (Wildman–Crippen MR) is 83.3 cm³/mol. The molecule has 1 saturated carbocycles. The lowest BCUT2D eigenvalue weighted by molar-refractivity contribution is -0.123. The van der Waals surface area contributed by atoms with E-state index < -0.39 is 0 Å². The van der Waals surface area contributed by atoms with Crippen molar-refractivity contribution < 1.29 is 4.79 Å². The van der Waals surface area contributed by atoms with Gasteiger partial charge in [-0.15, -0.1) is 0 Å². The van der Waals surface area contributed by atoms with Gasteiger partial charge in [-0.3, -0.25) is 4.79 Å². The molecule has 4 heteroatoms. The van der Waals surface area contributed by atoms with Crippen LogP contribution in [-0.4, -0.2) is 5.91 Å². The van der Waals surface area contributed by atoms with Crippen LogP contribution in [0.2, 0.25) is 0 Å².